The third kappa shape index (κ3) is 5.29. The fourth-order valence-electron chi connectivity index (χ4n) is 1.71. The van der Waals surface area contributed by atoms with E-state index in [4.69, 9.17) is 0 Å². The molecule has 1 fully saturated rings. The monoisotopic (exact) mass is 193 g/mol. The molecule has 80 valence electrons. The van der Waals surface area contributed by atoms with Crippen LogP contribution in [0.25, 0.3) is 0 Å². The Morgan fingerprint density at radius 1 is 1.00 bits per heavy atom. The Bertz CT molecular complexity index is 206. The topological polar surface area (TPSA) is 3.24 Å². The Morgan fingerprint density at radius 3 is 2.07 bits per heavy atom. The van der Waals surface area contributed by atoms with Crippen LogP contribution in [0.2, 0.25) is 0 Å². The first-order chi connectivity index (χ1) is 6.58. The largest absolute Gasteiger partial charge is 0.292 e. The highest BCUT2D eigenvalue weighted by Crippen LogP contribution is 2.11. The summed E-state index contributed by atoms with van der Waals surface area (Å²) < 4.78 is 0. The van der Waals surface area contributed by atoms with Crippen molar-refractivity contribution in [1.29, 1.82) is 0 Å². The van der Waals surface area contributed by atoms with Crippen molar-refractivity contribution in [2.24, 2.45) is 5.41 Å². The molecular weight excluding hydrogens is 170 g/mol. The van der Waals surface area contributed by atoms with Crippen LogP contribution in [0, 0.1) is 17.3 Å². The van der Waals surface area contributed by atoms with Gasteiger partial charge in [-0.3, -0.25) is 4.90 Å². The van der Waals surface area contributed by atoms with Gasteiger partial charge in [-0.05, 0) is 46.7 Å². The second-order valence-electron chi connectivity index (χ2n) is 5.24. The molecule has 1 heterocycles. The molecule has 0 aromatic heterocycles. The Kier molecular flexibility index (Phi) is 4.48. The molecule has 1 aliphatic heterocycles. The smallest absolute Gasteiger partial charge is 0.0601 e. The molecule has 1 heteroatoms. The number of hydrogen-bond donors (Lipinski definition) is 0. The molecule has 0 radical (unpaired) electrons. The molecule has 1 rings (SSSR count). The van der Waals surface area contributed by atoms with Gasteiger partial charge in [0.2, 0.25) is 0 Å². The molecule has 0 saturated carbocycles. The molecule has 0 aliphatic carbocycles. The summed E-state index contributed by atoms with van der Waals surface area (Å²) in [6, 6.07) is 0. The van der Waals surface area contributed by atoms with Crippen molar-refractivity contribution in [3.05, 3.63) is 0 Å². The van der Waals surface area contributed by atoms with E-state index in [1.165, 1.54) is 38.8 Å². The third-order valence-electron chi connectivity index (χ3n) is 2.46. The Morgan fingerprint density at radius 2 is 1.57 bits per heavy atom. The van der Waals surface area contributed by atoms with E-state index in [9.17, 15) is 0 Å². The average molecular weight is 193 g/mol. The van der Waals surface area contributed by atoms with Crippen LogP contribution in [0.15, 0.2) is 0 Å². The molecule has 0 N–H and O–H groups in total. The molecule has 0 aromatic carbocycles. The van der Waals surface area contributed by atoms with Gasteiger partial charge in [0.05, 0.1) is 6.54 Å². The van der Waals surface area contributed by atoms with Gasteiger partial charge in [-0.1, -0.05) is 24.7 Å². The summed E-state index contributed by atoms with van der Waals surface area (Å²) in [7, 11) is 0. The maximum Gasteiger partial charge on any atom is 0.0601 e. The zero-order valence-electron chi connectivity index (χ0n) is 9.90. The van der Waals surface area contributed by atoms with Gasteiger partial charge in [0.1, 0.15) is 0 Å². The van der Waals surface area contributed by atoms with Gasteiger partial charge < -0.3 is 0 Å². The SMILES string of the molecule is CC(C)(C)C#CCN1CCCCCC1. The number of hydrogen-bond acceptors (Lipinski definition) is 1. The number of likely N-dealkylation sites (tertiary alicyclic amines) is 1. The van der Waals surface area contributed by atoms with Crippen LogP contribution in [0.4, 0.5) is 0 Å². The van der Waals surface area contributed by atoms with E-state index >= 15 is 0 Å². The molecule has 0 atom stereocenters. The van der Waals surface area contributed by atoms with Gasteiger partial charge >= 0.3 is 0 Å². The standard InChI is InChI=1S/C13H23N/c1-13(2,3)9-8-12-14-10-6-4-5-7-11-14/h4-7,10-12H2,1-3H3. The molecule has 0 unspecified atom stereocenters. The molecular formula is C13H23N. The molecule has 14 heavy (non-hydrogen) atoms. The first-order valence-corrected chi connectivity index (χ1v) is 5.80. The first-order valence-electron chi connectivity index (χ1n) is 5.80. The van der Waals surface area contributed by atoms with Crippen molar-refractivity contribution in [2.75, 3.05) is 19.6 Å². The minimum atomic E-state index is 0.159. The summed E-state index contributed by atoms with van der Waals surface area (Å²) >= 11 is 0. The predicted molar refractivity (Wildman–Crippen MR) is 62.1 cm³/mol. The van der Waals surface area contributed by atoms with Crippen molar-refractivity contribution in [1.82, 2.24) is 4.90 Å². The molecule has 0 aromatic rings. The predicted octanol–water partition coefficient (Wildman–Crippen LogP) is 2.91. The van der Waals surface area contributed by atoms with Gasteiger partial charge in [-0.2, -0.15) is 0 Å². The Balaban J connectivity index is 2.31. The van der Waals surface area contributed by atoms with E-state index in [2.05, 4.69) is 37.5 Å². The second-order valence-corrected chi connectivity index (χ2v) is 5.24. The summed E-state index contributed by atoms with van der Waals surface area (Å²) in [5.41, 5.74) is 0.159. The van der Waals surface area contributed by atoms with E-state index < -0.39 is 0 Å². The van der Waals surface area contributed by atoms with Gasteiger partial charge in [0.25, 0.3) is 0 Å². The quantitative estimate of drug-likeness (QED) is 0.579. The van der Waals surface area contributed by atoms with E-state index in [1.54, 1.807) is 0 Å². The van der Waals surface area contributed by atoms with Crippen LogP contribution in [0.3, 0.4) is 0 Å². The maximum atomic E-state index is 3.30. The third-order valence-corrected chi connectivity index (χ3v) is 2.46. The van der Waals surface area contributed by atoms with Crippen molar-refractivity contribution in [3.63, 3.8) is 0 Å². The highest BCUT2D eigenvalue weighted by molar-refractivity contribution is 5.08. The molecule has 0 amide bonds. The highest BCUT2D eigenvalue weighted by Gasteiger charge is 2.07. The van der Waals surface area contributed by atoms with E-state index in [-0.39, 0.29) is 5.41 Å². The lowest BCUT2D eigenvalue weighted by molar-refractivity contribution is 0.320. The zero-order valence-corrected chi connectivity index (χ0v) is 9.90. The number of nitrogens with zero attached hydrogens (tertiary/aromatic N) is 1. The molecule has 1 saturated heterocycles. The van der Waals surface area contributed by atoms with Gasteiger partial charge in [-0.15, -0.1) is 0 Å². The van der Waals surface area contributed by atoms with Crippen molar-refractivity contribution < 1.29 is 0 Å². The van der Waals surface area contributed by atoms with Crippen LogP contribution in [-0.2, 0) is 0 Å². The lowest BCUT2D eigenvalue weighted by Gasteiger charge is -2.16. The van der Waals surface area contributed by atoms with Crippen LogP contribution in [-0.4, -0.2) is 24.5 Å². The molecule has 1 aliphatic rings. The molecule has 0 bridgehead atoms. The summed E-state index contributed by atoms with van der Waals surface area (Å²) in [5.74, 6) is 6.60. The summed E-state index contributed by atoms with van der Waals surface area (Å²) in [4.78, 5) is 2.49. The van der Waals surface area contributed by atoms with Gasteiger partial charge in [0, 0.05) is 5.41 Å². The number of rotatable bonds is 1. The summed E-state index contributed by atoms with van der Waals surface area (Å²) in [5, 5.41) is 0. The van der Waals surface area contributed by atoms with Crippen LogP contribution in [0.5, 0.6) is 0 Å². The van der Waals surface area contributed by atoms with Crippen molar-refractivity contribution in [2.45, 2.75) is 46.5 Å². The fraction of sp³-hybridized carbons (Fsp3) is 0.846. The minimum absolute atomic E-state index is 0.159. The summed E-state index contributed by atoms with van der Waals surface area (Å²) in [6.45, 7) is 9.97. The maximum absolute atomic E-state index is 3.30. The normalized spacial score (nSPS) is 19.6. The van der Waals surface area contributed by atoms with Gasteiger partial charge in [-0.25, -0.2) is 0 Å². The van der Waals surface area contributed by atoms with Crippen LogP contribution < -0.4 is 0 Å². The lowest BCUT2D eigenvalue weighted by Crippen LogP contribution is -2.25. The zero-order chi connectivity index (χ0) is 10.4. The van der Waals surface area contributed by atoms with E-state index in [1.807, 2.05) is 0 Å². The van der Waals surface area contributed by atoms with Crippen molar-refractivity contribution in [3.8, 4) is 11.8 Å². The van der Waals surface area contributed by atoms with Gasteiger partial charge in [0.15, 0.2) is 0 Å². The second kappa shape index (κ2) is 5.41. The minimum Gasteiger partial charge on any atom is -0.292 e. The molecule has 1 nitrogen and oxygen atoms in total. The van der Waals surface area contributed by atoms with E-state index in [0.717, 1.165) is 6.54 Å². The average Bonchev–Trinajstić information content (AvgIpc) is 2.30. The Labute approximate surface area is 88.9 Å². The first kappa shape index (κ1) is 11.6. The van der Waals surface area contributed by atoms with E-state index in [0.29, 0.717) is 0 Å². The lowest BCUT2D eigenvalue weighted by atomic mass is 9.98. The van der Waals surface area contributed by atoms with Crippen LogP contribution >= 0.6 is 0 Å². The highest BCUT2D eigenvalue weighted by atomic mass is 15.1. The fourth-order valence-corrected chi connectivity index (χ4v) is 1.71. The molecule has 0 spiro atoms. The summed E-state index contributed by atoms with van der Waals surface area (Å²) in [6.07, 6.45) is 5.53. The van der Waals surface area contributed by atoms with Crippen molar-refractivity contribution >= 4 is 0 Å². The van der Waals surface area contributed by atoms with Crippen LogP contribution in [0.1, 0.15) is 46.5 Å². The Hall–Kier alpha value is -0.480.